The fourth-order valence-electron chi connectivity index (χ4n) is 2.93. The molecule has 27 heavy (non-hydrogen) atoms. The molecule has 0 radical (unpaired) electrons. The van der Waals surface area contributed by atoms with E-state index in [0.29, 0.717) is 27.1 Å². The molecule has 2 aromatic carbocycles. The minimum Gasteiger partial charge on any atom is -0.445 e. The monoisotopic (exact) mass is 399 g/mol. The van der Waals surface area contributed by atoms with Crippen LogP contribution in [0.15, 0.2) is 71.3 Å². The number of rotatable bonds is 3. The van der Waals surface area contributed by atoms with Crippen molar-refractivity contribution in [1.29, 1.82) is 5.26 Å². The summed E-state index contributed by atoms with van der Waals surface area (Å²) in [5, 5.41) is 13.4. The van der Waals surface area contributed by atoms with Crippen molar-refractivity contribution in [3.05, 3.63) is 86.9 Å². The number of benzene rings is 2. The minimum absolute atomic E-state index is 0.0389. The fraction of sp³-hybridized carbons (Fsp3) is 0.100. The van der Waals surface area contributed by atoms with Crippen LogP contribution in [-0.2, 0) is 9.53 Å². The van der Waals surface area contributed by atoms with Crippen LogP contribution in [-0.4, -0.2) is 5.91 Å². The molecule has 1 aliphatic heterocycles. The van der Waals surface area contributed by atoms with Crippen LogP contribution in [0.4, 0.5) is 5.69 Å². The Labute approximate surface area is 166 Å². The number of nitrogens with one attached hydrogen (secondary N) is 1. The van der Waals surface area contributed by atoms with Gasteiger partial charge in [0.15, 0.2) is 0 Å². The van der Waals surface area contributed by atoms with Gasteiger partial charge in [-0.25, -0.2) is 0 Å². The van der Waals surface area contributed by atoms with Gasteiger partial charge in [0.1, 0.15) is 17.4 Å². The lowest BCUT2D eigenvalue weighted by molar-refractivity contribution is -0.113. The molecular weight excluding hydrogens is 385 g/mol. The maximum atomic E-state index is 13.0. The van der Waals surface area contributed by atoms with Gasteiger partial charge in [-0.05, 0) is 42.8 Å². The van der Waals surface area contributed by atoms with Crippen molar-refractivity contribution in [2.75, 3.05) is 5.32 Å². The topological polar surface area (TPSA) is 88.1 Å². The highest BCUT2D eigenvalue weighted by atomic mass is 35.5. The number of halogens is 2. The molecule has 1 amide bonds. The number of carbonyl (C=O) groups excluding carboxylic acids is 1. The Bertz CT molecular complexity index is 1000. The minimum atomic E-state index is -0.732. The number of nitrogens with two attached hydrogens (primary N) is 1. The third kappa shape index (κ3) is 3.77. The molecule has 5 nitrogen and oxygen atoms in total. The van der Waals surface area contributed by atoms with Crippen LogP contribution in [0.3, 0.4) is 0 Å². The lowest BCUT2D eigenvalue weighted by atomic mass is 9.82. The number of anilines is 1. The van der Waals surface area contributed by atoms with Crippen molar-refractivity contribution in [3.8, 4) is 6.07 Å². The second kappa shape index (κ2) is 7.75. The van der Waals surface area contributed by atoms with Crippen molar-refractivity contribution in [3.63, 3.8) is 0 Å². The number of allylic oxidation sites excluding steroid dienone is 2. The molecule has 0 fully saturated rings. The first kappa shape index (κ1) is 18.8. The molecule has 1 atom stereocenters. The summed E-state index contributed by atoms with van der Waals surface area (Å²) in [5.74, 6) is -0.879. The van der Waals surface area contributed by atoms with Gasteiger partial charge in [0.2, 0.25) is 5.88 Å². The molecule has 0 bridgehead atoms. The number of ether oxygens (including phenoxy) is 1. The summed E-state index contributed by atoms with van der Waals surface area (Å²) in [6, 6.07) is 15.7. The molecule has 0 spiro atoms. The van der Waals surface area contributed by atoms with E-state index in [2.05, 4.69) is 5.32 Å². The maximum Gasteiger partial charge on any atom is 0.255 e. The maximum absolute atomic E-state index is 13.0. The van der Waals surface area contributed by atoms with Crippen LogP contribution in [0.25, 0.3) is 0 Å². The van der Waals surface area contributed by atoms with Gasteiger partial charge in [-0.15, -0.1) is 0 Å². The average molecular weight is 400 g/mol. The number of carbonyl (C=O) groups is 1. The Morgan fingerprint density at radius 3 is 2.48 bits per heavy atom. The van der Waals surface area contributed by atoms with Crippen LogP contribution < -0.4 is 11.1 Å². The van der Waals surface area contributed by atoms with Gasteiger partial charge in [-0.3, -0.25) is 4.79 Å². The zero-order valence-corrected chi connectivity index (χ0v) is 15.8. The molecular formula is C20H15Cl2N3O2. The van der Waals surface area contributed by atoms with E-state index in [9.17, 15) is 10.1 Å². The van der Waals surface area contributed by atoms with Crippen molar-refractivity contribution in [1.82, 2.24) is 0 Å². The van der Waals surface area contributed by atoms with Crippen molar-refractivity contribution >= 4 is 34.8 Å². The van der Waals surface area contributed by atoms with E-state index in [-0.39, 0.29) is 17.0 Å². The van der Waals surface area contributed by atoms with Crippen molar-refractivity contribution < 1.29 is 9.53 Å². The Morgan fingerprint density at radius 1 is 1.19 bits per heavy atom. The van der Waals surface area contributed by atoms with Gasteiger partial charge >= 0.3 is 0 Å². The lowest BCUT2D eigenvalue weighted by Crippen LogP contribution is -2.28. The first-order valence-electron chi connectivity index (χ1n) is 8.02. The smallest absolute Gasteiger partial charge is 0.255 e. The SMILES string of the molecule is CC1=C(C(=O)Nc2ccc(Cl)cc2)C(c2ccccc2Cl)C(C#N)=C(N)O1. The largest absolute Gasteiger partial charge is 0.445 e. The quantitative estimate of drug-likeness (QED) is 0.781. The highest BCUT2D eigenvalue weighted by Crippen LogP contribution is 2.41. The van der Waals surface area contributed by atoms with Gasteiger partial charge in [-0.1, -0.05) is 41.4 Å². The molecule has 0 aromatic heterocycles. The van der Waals surface area contributed by atoms with E-state index in [0.717, 1.165) is 0 Å². The zero-order chi connectivity index (χ0) is 19.6. The van der Waals surface area contributed by atoms with E-state index in [4.69, 9.17) is 33.7 Å². The molecule has 0 saturated carbocycles. The molecule has 0 aliphatic carbocycles. The van der Waals surface area contributed by atoms with Gasteiger partial charge in [0.25, 0.3) is 5.91 Å². The van der Waals surface area contributed by atoms with Gasteiger partial charge < -0.3 is 15.8 Å². The summed E-state index contributed by atoms with van der Waals surface area (Å²) in [7, 11) is 0. The van der Waals surface area contributed by atoms with E-state index in [1.54, 1.807) is 55.5 Å². The number of nitriles is 1. The molecule has 3 rings (SSSR count). The first-order valence-corrected chi connectivity index (χ1v) is 8.77. The highest BCUT2D eigenvalue weighted by molar-refractivity contribution is 6.31. The summed E-state index contributed by atoms with van der Waals surface area (Å²) in [6.45, 7) is 1.63. The van der Waals surface area contributed by atoms with E-state index in [1.165, 1.54) is 0 Å². The Kier molecular flexibility index (Phi) is 5.41. The summed E-state index contributed by atoms with van der Waals surface area (Å²) in [4.78, 5) is 13.0. The number of hydrogen-bond donors (Lipinski definition) is 2. The number of nitrogens with zero attached hydrogens (tertiary/aromatic N) is 1. The van der Waals surface area contributed by atoms with E-state index in [1.807, 2.05) is 6.07 Å². The summed E-state index contributed by atoms with van der Waals surface area (Å²) >= 11 is 12.2. The second-order valence-corrected chi connectivity index (χ2v) is 6.72. The Hall–Kier alpha value is -2.94. The molecule has 1 heterocycles. The standard InChI is InChI=1S/C20H15Cl2N3O2/c1-11-17(20(26)25-13-8-6-12(21)7-9-13)18(15(10-23)19(24)27-11)14-4-2-3-5-16(14)22/h2-9,18H,24H2,1H3,(H,25,26). The lowest BCUT2D eigenvalue weighted by Gasteiger charge is -2.28. The normalized spacial score (nSPS) is 16.6. The van der Waals surface area contributed by atoms with Gasteiger partial charge in [-0.2, -0.15) is 5.26 Å². The molecule has 1 unspecified atom stereocenters. The summed E-state index contributed by atoms with van der Waals surface area (Å²) in [5.41, 5.74) is 7.46. The van der Waals surface area contributed by atoms with Crippen molar-refractivity contribution in [2.24, 2.45) is 5.73 Å². The van der Waals surface area contributed by atoms with Gasteiger partial charge in [0.05, 0.1) is 11.5 Å². The van der Waals surface area contributed by atoms with Crippen LogP contribution in [0, 0.1) is 11.3 Å². The summed E-state index contributed by atoms with van der Waals surface area (Å²) < 4.78 is 5.46. The average Bonchev–Trinajstić information content (AvgIpc) is 2.63. The molecule has 7 heteroatoms. The van der Waals surface area contributed by atoms with Crippen molar-refractivity contribution in [2.45, 2.75) is 12.8 Å². The number of hydrogen-bond acceptors (Lipinski definition) is 4. The van der Waals surface area contributed by atoms with E-state index < -0.39 is 11.8 Å². The second-order valence-electron chi connectivity index (χ2n) is 5.88. The Balaban J connectivity index is 2.06. The van der Waals surface area contributed by atoms with Crippen LogP contribution in [0.2, 0.25) is 10.0 Å². The zero-order valence-electron chi connectivity index (χ0n) is 14.3. The third-order valence-electron chi connectivity index (χ3n) is 4.17. The molecule has 136 valence electrons. The molecule has 2 aromatic rings. The fourth-order valence-corrected chi connectivity index (χ4v) is 3.30. The van der Waals surface area contributed by atoms with Gasteiger partial charge in [0, 0.05) is 15.7 Å². The first-order chi connectivity index (χ1) is 12.9. The number of amides is 1. The predicted octanol–water partition coefficient (Wildman–Crippen LogP) is 4.71. The predicted molar refractivity (Wildman–Crippen MR) is 105 cm³/mol. The Morgan fingerprint density at radius 2 is 1.85 bits per heavy atom. The third-order valence-corrected chi connectivity index (χ3v) is 4.76. The molecule has 0 saturated heterocycles. The molecule has 3 N–H and O–H groups in total. The summed E-state index contributed by atoms with van der Waals surface area (Å²) in [6.07, 6.45) is 0. The van der Waals surface area contributed by atoms with E-state index >= 15 is 0 Å². The van der Waals surface area contributed by atoms with Crippen LogP contribution >= 0.6 is 23.2 Å². The van der Waals surface area contributed by atoms with Crippen LogP contribution in [0.5, 0.6) is 0 Å². The van der Waals surface area contributed by atoms with Crippen LogP contribution in [0.1, 0.15) is 18.4 Å². The highest BCUT2D eigenvalue weighted by Gasteiger charge is 2.36. The molecule has 1 aliphatic rings.